The maximum absolute atomic E-state index is 12.7. The number of carbonyl (C=O) groups is 2. The number of benzene rings is 1. The minimum atomic E-state index is -4.19. The third kappa shape index (κ3) is 5.05. The molecule has 3 aromatic rings. The van der Waals surface area contributed by atoms with Crippen LogP contribution in [0.25, 0.3) is 11.5 Å². The first kappa shape index (κ1) is 24.1. The third-order valence-corrected chi connectivity index (χ3v) is 8.05. The van der Waals surface area contributed by atoms with Gasteiger partial charge in [0.05, 0.1) is 12.2 Å². The van der Waals surface area contributed by atoms with Crippen molar-refractivity contribution in [3.8, 4) is 11.5 Å². The second-order valence-electron chi connectivity index (χ2n) is 8.32. The van der Waals surface area contributed by atoms with Crippen molar-refractivity contribution in [2.75, 3.05) is 17.7 Å². The predicted molar refractivity (Wildman–Crippen MR) is 127 cm³/mol. The average Bonchev–Trinajstić information content (AvgIpc) is 3.39. The van der Waals surface area contributed by atoms with Gasteiger partial charge in [-0.25, -0.2) is 13.2 Å². The highest BCUT2D eigenvalue weighted by Crippen LogP contribution is 2.40. The van der Waals surface area contributed by atoms with Crippen LogP contribution >= 0.6 is 11.3 Å². The smallest absolute Gasteiger partial charge is 0.341 e. The summed E-state index contributed by atoms with van der Waals surface area (Å²) < 4.78 is 36.0. The molecule has 2 heterocycles. The third-order valence-electron chi connectivity index (χ3n) is 5.54. The van der Waals surface area contributed by atoms with Gasteiger partial charge in [-0.3, -0.25) is 4.79 Å². The van der Waals surface area contributed by atoms with Crippen LogP contribution in [0.4, 0.5) is 5.00 Å². The fourth-order valence-corrected chi connectivity index (χ4v) is 6.13. The van der Waals surface area contributed by atoms with Crippen LogP contribution in [0.15, 0.2) is 33.9 Å². The van der Waals surface area contributed by atoms with E-state index in [2.05, 4.69) is 22.4 Å². The Labute approximate surface area is 201 Å². The summed E-state index contributed by atoms with van der Waals surface area (Å²) in [5.41, 5.74) is 2.79. The molecule has 34 heavy (non-hydrogen) atoms. The number of fused-ring (bicyclic) bond motifs is 1. The maximum Gasteiger partial charge on any atom is 0.341 e. The van der Waals surface area contributed by atoms with Gasteiger partial charge >= 0.3 is 11.2 Å². The van der Waals surface area contributed by atoms with E-state index in [1.807, 2.05) is 19.1 Å². The molecule has 0 saturated heterocycles. The summed E-state index contributed by atoms with van der Waals surface area (Å²) in [6, 6.07) is 7.15. The Hall–Kier alpha value is -3.05. The highest BCUT2D eigenvalue weighted by atomic mass is 32.2. The van der Waals surface area contributed by atoms with Gasteiger partial charge < -0.3 is 14.5 Å². The van der Waals surface area contributed by atoms with Crippen molar-refractivity contribution in [2.24, 2.45) is 5.92 Å². The van der Waals surface area contributed by atoms with E-state index < -0.39 is 32.7 Å². The molecule has 1 aliphatic carbocycles. The van der Waals surface area contributed by atoms with Gasteiger partial charge in [0.25, 0.3) is 0 Å². The average molecular weight is 504 g/mol. The molecule has 0 fully saturated rings. The van der Waals surface area contributed by atoms with Crippen LogP contribution in [0.2, 0.25) is 0 Å². The molecule has 0 spiro atoms. The van der Waals surface area contributed by atoms with E-state index in [0.29, 0.717) is 28.5 Å². The maximum atomic E-state index is 12.7. The van der Waals surface area contributed by atoms with Crippen molar-refractivity contribution < 1.29 is 27.2 Å². The lowest BCUT2D eigenvalue weighted by atomic mass is 9.88. The van der Waals surface area contributed by atoms with E-state index in [-0.39, 0.29) is 12.5 Å². The summed E-state index contributed by atoms with van der Waals surface area (Å²) in [6.07, 6.45) is 2.43. The summed E-state index contributed by atoms with van der Waals surface area (Å²) in [7, 11) is -4.19. The van der Waals surface area contributed by atoms with Gasteiger partial charge in [0, 0.05) is 10.4 Å². The van der Waals surface area contributed by atoms with Crippen LogP contribution in [0.5, 0.6) is 0 Å². The van der Waals surface area contributed by atoms with Gasteiger partial charge in [-0.1, -0.05) is 29.7 Å². The number of amides is 1. The van der Waals surface area contributed by atoms with E-state index in [4.69, 9.17) is 9.15 Å². The summed E-state index contributed by atoms with van der Waals surface area (Å²) in [5.74, 6) is -1.71. The molecule has 1 amide bonds. The zero-order valence-electron chi connectivity index (χ0n) is 19.1. The monoisotopic (exact) mass is 503 g/mol. The number of hydrogen-bond acceptors (Lipinski definition) is 9. The fourth-order valence-electron chi connectivity index (χ4n) is 3.80. The van der Waals surface area contributed by atoms with Crippen LogP contribution in [-0.4, -0.2) is 42.9 Å². The molecule has 0 saturated carbocycles. The van der Waals surface area contributed by atoms with Crippen molar-refractivity contribution >= 4 is 38.1 Å². The highest BCUT2D eigenvalue weighted by molar-refractivity contribution is 7.91. The molecule has 9 nitrogen and oxygen atoms in total. The van der Waals surface area contributed by atoms with Gasteiger partial charge in [-0.15, -0.1) is 16.4 Å². The topological polar surface area (TPSA) is 128 Å². The Morgan fingerprint density at radius 3 is 2.68 bits per heavy atom. The minimum Gasteiger partial charge on any atom is -0.462 e. The minimum absolute atomic E-state index is 0.0450. The van der Waals surface area contributed by atoms with Crippen LogP contribution in [-0.2, 0) is 32.2 Å². The van der Waals surface area contributed by atoms with Crippen molar-refractivity contribution in [3.05, 3.63) is 45.8 Å². The van der Waals surface area contributed by atoms with E-state index in [1.165, 1.54) is 11.3 Å². The van der Waals surface area contributed by atoms with Gasteiger partial charge in [0.15, 0.2) is 0 Å². The fraction of sp³-hybridized carbons (Fsp3) is 0.391. The second-order valence-corrected chi connectivity index (χ2v) is 11.3. The highest BCUT2D eigenvalue weighted by Gasteiger charge is 2.31. The van der Waals surface area contributed by atoms with Crippen molar-refractivity contribution in [1.82, 2.24) is 10.2 Å². The first-order valence-electron chi connectivity index (χ1n) is 10.9. The first-order chi connectivity index (χ1) is 16.2. The second kappa shape index (κ2) is 9.67. The molecule has 4 rings (SSSR count). The molecular formula is C23H25N3O6S2. The van der Waals surface area contributed by atoms with Crippen molar-refractivity contribution in [2.45, 2.75) is 45.3 Å². The molecule has 11 heteroatoms. The number of aromatic nitrogens is 2. The Morgan fingerprint density at radius 1 is 1.24 bits per heavy atom. The van der Waals surface area contributed by atoms with Gasteiger partial charge in [0.1, 0.15) is 10.8 Å². The Morgan fingerprint density at radius 2 is 1.97 bits per heavy atom. The molecule has 0 bridgehead atoms. The number of esters is 1. The number of ether oxygens (including phenoxy) is 1. The lowest BCUT2D eigenvalue weighted by Gasteiger charge is -2.18. The van der Waals surface area contributed by atoms with E-state index in [1.54, 1.807) is 19.1 Å². The number of sulfone groups is 1. The molecule has 1 N–H and O–H groups in total. The van der Waals surface area contributed by atoms with E-state index in [0.717, 1.165) is 28.8 Å². The lowest BCUT2D eigenvalue weighted by Crippen LogP contribution is -2.24. The number of nitrogens with one attached hydrogen (secondary N) is 1. The van der Waals surface area contributed by atoms with Crippen molar-refractivity contribution in [1.29, 1.82) is 0 Å². The largest absolute Gasteiger partial charge is 0.462 e. The first-order valence-corrected chi connectivity index (χ1v) is 13.4. The standard InChI is InChI=1S/C23H25N3O6S2/c1-4-31-22(28)19-16-10-7-14(3)11-17(16)33-21(19)24-18(27)12-34(29,30)23-26-25-20(32-23)15-8-5-13(2)6-9-15/h5-6,8-9,14H,4,7,10-12H2,1-3H3,(H,24,27). The van der Waals surface area contributed by atoms with Crippen molar-refractivity contribution in [3.63, 3.8) is 0 Å². The number of aryl methyl sites for hydroxylation is 1. The molecule has 1 aliphatic rings. The van der Waals surface area contributed by atoms with Crippen LogP contribution in [0.3, 0.4) is 0 Å². The predicted octanol–water partition coefficient (Wildman–Crippen LogP) is 3.82. The summed E-state index contributed by atoms with van der Waals surface area (Å²) in [5, 5.41) is 9.69. The van der Waals surface area contributed by atoms with E-state index >= 15 is 0 Å². The summed E-state index contributed by atoms with van der Waals surface area (Å²) in [6.45, 7) is 5.96. The SMILES string of the molecule is CCOC(=O)c1c(NC(=O)CS(=O)(=O)c2nnc(-c3ccc(C)cc3)o2)sc2c1CCC(C)C2. The molecule has 1 unspecified atom stereocenters. The number of nitrogens with zero attached hydrogens (tertiary/aromatic N) is 2. The number of hydrogen-bond donors (Lipinski definition) is 1. The molecule has 1 atom stereocenters. The van der Waals surface area contributed by atoms with Crippen LogP contribution < -0.4 is 5.32 Å². The van der Waals surface area contributed by atoms with Gasteiger partial charge in [0.2, 0.25) is 21.6 Å². The quantitative estimate of drug-likeness (QED) is 0.482. The Bertz CT molecular complexity index is 1330. The lowest BCUT2D eigenvalue weighted by molar-refractivity contribution is -0.113. The van der Waals surface area contributed by atoms with Gasteiger partial charge in [-0.2, -0.15) is 0 Å². The van der Waals surface area contributed by atoms with Gasteiger partial charge in [-0.05, 0) is 56.7 Å². The Kier molecular flexibility index (Phi) is 6.85. The number of thiophene rings is 1. The summed E-state index contributed by atoms with van der Waals surface area (Å²) >= 11 is 1.29. The number of carbonyl (C=O) groups excluding carboxylic acids is 2. The molecule has 2 aromatic heterocycles. The molecule has 0 aliphatic heterocycles. The number of rotatable bonds is 7. The zero-order valence-corrected chi connectivity index (χ0v) is 20.7. The van der Waals surface area contributed by atoms with E-state index in [9.17, 15) is 18.0 Å². The normalized spacial score (nSPS) is 15.6. The molecule has 180 valence electrons. The Balaban J connectivity index is 1.53. The number of anilines is 1. The molecule has 0 radical (unpaired) electrons. The molecule has 1 aromatic carbocycles. The zero-order chi connectivity index (χ0) is 24.5. The van der Waals surface area contributed by atoms with Crippen LogP contribution in [0, 0.1) is 12.8 Å². The summed E-state index contributed by atoms with van der Waals surface area (Å²) in [4.78, 5) is 26.3. The molecular weight excluding hydrogens is 478 g/mol. The van der Waals surface area contributed by atoms with Crippen LogP contribution in [0.1, 0.15) is 46.6 Å².